The molecule has 5 heteroatoms. The van der Waals surface area contributed by atoms with Gasteiger partial charge in [-0.15, -0.1) is 0 Å². The predicted octanol–water partition coefficient (Wildman–Crippen LogP) is 2.26. The van der Waals surface area contributed by atoms with Gasteiger partial charge in [-0.1, -0.05) is 19.1 Å². The molecule has 0 aromatic heterocycles. The van der Waals surface area contributed by atoms with E-state index in [1.807, 2.05) is 6.92 Å². The molecule has 2 atom stereocenters. The summed E-state index contributed by atoms with van der Waals surface area (Å²) in [6.45, 7) is 2.58. The number of benzene rings is 1. The highest BCUT2D eigenvalue weighted by molar-refractivity contribution is 5.74. The lowest BCUT2D eigenvalue weighted by Crippen LogP contribution is -2.38. The predicted molar refractivity (Wildman–Crippen MR) is 62.0 cm³/mol. The highest BCUT2D eigenvalue weighted by Gasteiger charge is 2.36. The molecule has 1 aliphatic heterocycles. The molecule has 1 saturated heterocycles. The Morgan fingerprint density at radius 3 is 2.89 bits per heavy atom. The summed E-state index contributed by atoms with van der Waals surface area (Å²) in [6.07, 6.45) is 0.758. The molecular formula is C13H15F2NO2. The molecule has 1 fully saturated rings. The molecule has 0 bridgehead atoms. The van der Waals surface area contributed by atoms with Crippen molar-refractivity contribution in [1.29, 1.82) is 0 Å². The number of nitrogens with zero attached hydrogens (tertiary/aromatic N) is 1. The number of aliphatic carboxylic acids is 1. The minimum atomic E-state index is -0.906. The standard InChI is InChI=1S/C13H15F2NO2/c1-8-5-6-16(12(8)13(17)18)7-9-3-2-4-10(14)11(9)15/h2-4,8,12H,5-7H2,1H3,(H,17,18). The summed E-state index contributed by atoms with van der Waals surface area (Å²) in [5.74, 6) is -2.66. The topological polar surface area (TPSA) is 40.5 Å². The second kappa shape index (κ2) is 5.02. The number of halogens is 2. The molecule has 1 aromatic rings. The number of carboxylic acid groups (broad SMARTS) is 1. The van der Waals surface area contributed by atoms with E-state index in [1.165, 1.54) is 12.1 Å². The maximum Gasteiger partial charge on any atom is 0.321 e. The normalized spacial score (nSPS) is 24.4. The van der Waals surface area contributed by atoms with E-state index in [0.717, 1.165) is 12.5 Å². The fourth-order valence-corrected chi connectivity index (χ4v) is 2.49. The fraction of sp³-hybridized carbons (Fsp3) is 0.462. The van der Waals surface area contributed by atoms with Crippen molar-refractivity contribution in [3.8, 4) is 0 Å². The van der Waals surface area contributed by atoms with Crippen LogP contribution in [0, 0.1) is 17.6 Å². The number of likely N-dealkylation sites (tertiary alicyclic amines) is 1. The van der Waals surface area contributed by atoms with Crippen LogP contribution < -0.4 is 0 Å². The van der Waals surface area contributed by atoms with Crippen LogP contribution in [0.25, 0.3) is 0 Å². The average Bonchev–Trinajstić information content (AvgIpc) is 2.66. The molecule has 1 aromatic carbocycles. The van der Waals surface area contributed by atoms with Gasteiger partial charge in [-0.2, -0.15) is 0 Å². The van der Waals surface area contributed by atoms with Crippen LogP contribution in [0.5, 0.6) is 0 Å². The van der Waals surface area contributed by atoms with Crippen LogP contribution in [-0.2, 0) is 11.3 Å². The van der Waals surface area contributed by atoms with Crippen LogP contribution in [0.2, 0.25) is 0 Å². The van der Waals surface area contributed by atoms with E-state index in [-0.39, 0.29) is 18.0 Å². The maximum atomic E-state index is 13.5. The van der Waals surface area contributed by atoms with E-state index >= 15 is 0 Å². The summed E-state index contributed by atoms with van der Waals surface area (Å²) in [5.41, 5.74) is 0.204. The molecule has 2 unspecified atom stereocenters. The minimum absolute atomic E-state index is 0.0270. The minimum Gasteiger partial charge on any atom is -0.480 e. The first-order chi connectivity index (χ1) is 8.50. The Bertz CT molecular complexity index is 464. The zero-order chi connectivity index (χ0) is 13.3. The van der Waals surface area contributed by atoms with E-state index in [4.69, 9.17) is 5.11 Å². The number of carbonyl (C=O) groups is 1. The van der Waals surface area contributed by atoms with Gasteiger partial charge in [0.25, 0.3) is 0 Å². The lowest BCUT2D eigenvalue weighted by Gasteiger charge is -2.23. The van der Waals surface area contributed by atoms with Gasteiger partial charge >= 0.3 is 5.97 Å². The van der Waals surface area contributed by atoms with Crippen LogP contribution >= 0.6 is 0 Å². The Morgan fingerprint density at radius 1 is 1.50 bits per heavy atom. The first-order valence-corrected chi connectivity index (χ1v) is 5.90. The molecule has 1 heterocycles. The van der Waals surface area contributed by atoms with Crippen molar-refractivity contribution in [1.82, 2.24) is 4.90 Å². The van der Waals surface area contributed by atoms with Gasteiger partial charge in [-0.25, -0.2) is 8.78 Å². The molecule has 0 spiro atoms. The summed E-state index contributed by atoms with van der Waals surface area (Å²) in [4.78, 5) is 12.8. The first kappa shape index (κ1) is 13.0. The lowest BCUT2D eigenvalue weighted by molar-refractivity contribution is -0.143. The number of rotatable bonds is 3. The van der Waals surface area contributed by atoms with Crippen molar-refractivity contribution < 1.29 is 18.7 Å². The van der Waals surface area contributed by atoms with Crippen molar-refractivity contribution in [2.75, 3.05) is 6.54 Å². The monoisotopic (exact) mass is 255 g/mol. The molecule has 0 saturated carbocycles. The third kappa shape index (κ3) is 2.36. The van der Waals surface area contributed by atoms with Gasteiger partial charge in [0.1, 0.15) is 6.04 Å². The Kier molecular flexibility index (Phi) is 3.61. The van der Waals surface area contributed by atoms with Crippen molar-refractivity contribution in [2.24, 2.45) is 5.92 Å². The molecule has 98 valence electrons. The van der Waals surface area contributed by atoms with Crippen molar-refractivity contribution >= 4 is 5.97 Å². The summed E-state index contributed by atoms with van der Waals surface area (Å²) in [7, 11) is 0. The van der Waals surface area contributed by atoms with E-state index < -0.39 is 23.6 Å². The van der Waals surface area contributed by atoms with E-state index in [9.17, 15) is 13.6 Å². The van der Waals surface area contributed by atoms with E-state index in [0.29, 0.717) is 6.54 Å². The van der Waals surface area contributed by atoms with Gasteiger partial charge in [0, 0.05) is 12.1 Å². The van der Waals surface area contributed by atoms with Gasteiger partial charge in [0.2, 0.25) is 0 Å². The molecule has 18 heavy (non-hydrogen) atoms. The van der Waals surface area contributed by atoms with Crippen molar-refractivity contribution in [2.45, 2.75) is 25.9 Å². The zero-order valence-corrected chi connectivity index (χ0v) is 10.1. The number of carboxylic acids is 1. The van der Waals surface area contributed by atoms with Crippen LogP contribution in [-0.4, -0.2) is 28.6 Å². The summed E-state index contributed by atoms with van der Waals surface area (Å²) in [5, 5.41) is 9.15. The van der Waals surface area contributed by atoms with Gasteiger partial charge in [0.15, 0.2) is 11.6 Å². The maximum absolute atomic E-state index is 13.5. The highest BCUT2D eigenvalue weighted by Crippen LogP contribution is 2.26. The summed E-state index contributed by atoms with van der Waals surface area (Å²) < 4.78 is 26.6. The van der Waals surface area contributed by atoms with Gasteiger partial charge in [0.05, 0.1) is 0 Å². The third-order valence-electron chi connectivity index (χ3n) is 3.46. The van der Waals surface area contributed by atoms with Crippen molar-refractivity contribution in [3.63, 3.8) is 0 Å². The van der Waals surface area contributed by atoms with E-state index in [1.54, 1.807) is 4.90 Å². The van der Waals surface area contributed by atoms with Crippen LogP contribution in [0.1, 0.15) is 18.9 Å². The molecule has 0 amide bonds. The molecule has 1 N–H and O–H groups in total. The molecule has 0 radical (unpaired) electrons. The Morgan fingerprint density at radius 2 is 2.22 bits per heavy atom. The first-order valence-electron chi connectivity index (χ1n) is 5.90. The van der Waals surface area contributed by atoms with Crippen LogP contribution in [0.4, 0.5) is 8.78 Å². The van der Waals surface area contributed by atoms with Gasteiger partial charge < -0.3 is 5.11 Å². The fourth-order valence-electron chi connectivity index (χ4n) is 2.49. The average molecular weight is 255 g/mol. The SMILES string of the molecule is CC1CCN(Cc2cccc(F)c2F)C1C(=O)O. The Hall–Kier alpha value is -1.49. The molecule has 0 aliphatic carbocycles. The zero-order valence-electron chi connectivity index (χ0n) is 10.1. The van der Waals surface area contributed by atoms with Gasteiger partial charge in [-0.05, 0) is 24.9 Å². The number of hydrogen-bond donors (Lipinski definition) is 1. The summed E-state index contributed by atoms with van der Waals surface area (Å²) in [6, 6.07) is 3.36. The lowest BCUT2D eigenvalue weighted by atomic mass is 10.0. The number of hydrogen-bond acceptors (Lipinski definition) is 2. The van der Waals surface area contributed by atoms with E-state index in [2.05, 4.69) is 0 Å². The molecule has 3 nitrogen and oxygen atoms in total. The largest absolute Gasteiger partial charge is 0.480 e. The smallest absolute Gasteiger partial charge is 0.321 e. The third-order valence-corrected chi connectivity index (χ3v) is 3.46. The summed E-state index contributed by atoms with van der Waals surface area (Å²) >= 11 is 0. The Labute approximate surface area is 104 Å². The van der Waals surface area contributed by atoms with Crippen molar-refractivity contribution in [3.05, 3.63) is 35.4 Å². The molecule has 2 rings (SSSR count). The highest BCUT2D eigenvalue weighted by atomic mass is 19.2. The second-order valence-corrected chi connectivity index (χ2v) is 4.73. The van der Waals surface area contributed by atoms with Crippen LogP contribution in [0.3, 0.4) is 0 Å². The molecule has 1 aliphatic rings. The quantitative estimate of drug-likeness (QED) is 0.900. The second-order valence-electron chi connectivity index (χ2n) is 4.73. The van der Waals surface area contributed by atoms with Gasteiger partial charge in [-0.3, -0.25) is 9.69 Å². The Balaban J connectivity index is 2.18. The molecular weight excluding hydrogens is 240 g/mol. The van der Waals surface area contributed by atoms with Crippen LogP contribution in [0.15, 0.2) is 18.2 Å².